The maximum Gasteiger partial charge on any atom is 0.324 e. The van der Waals surface area contributed by atoms with Crippen molar-refractivity contribution in [2.24, 2.45) is 0 Å². The van der Waals surface area contributed by atoms with Crippen molar-refractivity contribution in [2.75, 3.05) is 17.7 Å². The number of benzene rings is 1. The van der Waals surface area contributed by atoms with Crippen molar-refractivity contribution in [3.8, 4) is 11.7 Å². The second-order valence-corrected chi connectivity index (χ2v) is 6.20. The third-order valence-electron chi connectivity index (χ3n) is 4.16. The van der Waals surface area contributed by atoms with Crippen LogP contribution in [0.2, 0.25) is 0 Å². The lowest BCUT2D eigenvalue weighted by Gasteiger charge is -2.11. The first-order valence-electron chi connectivity index (χ1n) is 8.80. The number of rotatable bonds is 5. The number of aryl methyl sites for hydroxylation is 2. The third kappa shape index (κ3) is 4.03. The molecule has 0 aliphatic rings. The molecule has 0 radical (unpaired) electrons. The van der Waals surface area contributed by atoms with Gasteiger partial charge in [0, 0.05) is 29.1 Å². The van der Waals surface area contributed by atoms with Gasteiger partial charge in [-0.3, -0.25) is 15.1 Å². The van der Waals surface area contributed by atoms with Gasteiger partial charge in [0.25, 0.3) is 5.56 Å². The molecule has 1 aromatic carbocycles. The number of carbonyl (C=O) groups is 1. The van der Waals surface area contributed by atoms with E-state index in [9.17, 15) is 9.59 Å². The van der Waals surface area contributed by atoms with E-state index in [4.69, 9.17) is 4.74 Å². The predicted molar refractivity (Wildman–Crippen MR) is 106 cm³/mol. The van der Waals surface area contributed by atoms with Crippen molar-refractivity contribution < 1.29 is 9.53 Å². The van der Waals surface area contributed by atoms with Crippen LogP contribution in [0.4, 0.5) is 16.3 Å². The van der Waals surface area contributed by atoms with E-state index in [1.165, 1.54) is 4.68 Å². The summed E-state index contributed by atoms with van der Waals surface area (Å²) >= 11 is 0. The smallest absolute Gasteiger partial charge is 0.324 e. The fourth-order valence-corrected chi connectivity index (χ4v) is 2.84. The largest absolute Gasteiger partial charge is 0.497 e. The molecule has 0 saturated carbocycles. The first kappa shape index (κ1) is 19.2. The predicted octanol–water partition coefficient (Wildman–Crippen LogP) is 2.79. The number of aromatic nitrogens is 4. The number of anilines is 2. The molecule has 28 heavy (non-hydrogen) atoms. The van der Waals surface area contributed by atoms with E-state index in [2.05, 4.69) is 25.7 Å². The maximum atomic E-state index is 12.4. The van der Waals surface area contributed by atoms with Gasteiger partial charge in [-0.25, -0.2) is 9.78 Å². The van der Waals surface area contributed by atoms with Crippen molar-refractivity contribution in [1.82, 2.24) is 19.7 Å². The van der Waals surface area contributed by atoms with Crippen LogP contribution < -0.4 is 20.9 Å². The van der Waals surface area contributed by atoms with Crippen LogP contribution in [0, 0.1) is 13.8 Å². The molecule has 0 aliphatic carbocycles. The van der Waals surface area contributed by atoms with Crippen molar-refractivity contribution in [2.45, 2.75) is 27.2 Å². The summed E-state index contributed by atoms with van der Waals surface area (Å²) in [5.74, 6) is 1.25. The number of nitrogens with zero attached hydrogens (tertiary/aromatic N) is 3. The van der Waals surface area contributed by atoms with Crippen molar-refractivity contribution in [1.29, 1.82) is 0 Å². The van der Waals surface area contributed by atoms with E-state index >= 15 is 0 Å². The van der Waals surface area contributed by atoms with Crippen molar-refractivity contribution in [3.05, 3.63) is 57.6 Å². The number of methoxy groups -OCH3 is 1. The van der Waals surface area contributed by atoms with Gasteiger partial charge in [-0.2, -0.15) is 9.78 Å². The molecule has 0 fully saturated rings. The lowest BCUT2D eigenvalue weighted by atomic mass is 10.2. The van der Waals surface area contributed by atoms with Gasteiger partial charge in [-0.15, -0.1) is 0 Å². The molecule has 0 spiro atoms. The summed E-state index contributed by atoms with van der Waals surface area (Å²) in [5, 5.41) is 9.79. The maximum absolute atomic E-state index is 12.4. The van der Waals surface area contributed by atoms with Crippen LogP contribution in [0.1, 0.15) is 23.9 Å². The highest BCUT2D eigenvalue weighted by Crippen LogP contribution is 2.18. The molecule has 9 heteroatoms. The molecule has 3 rings (SSSR count). The van der Waals surface area contributed by atoms with Gasteiger partial charge in [0.1, 0.15) is 11.6 Å². The van der Waals surface area contributed by atoms with Crippen LogP contribution in [0.15, 0.2) is 35.1 Å². The molecule has 0 aliphatic heterocycles. The molecule has 0 unspecified atom stereocenters. The van der Waals surface area contributed by atoms with Gasteiger partial charge in [0.2, 0.25) is 5.95 Å². The van der Waals surface area contributed by atoms with Gasteiger partial charge >= 0.3 is 6.03 Å². The molecule has 2 aromatic heterocycles. The Morgan fingerprint density at radius 1 is 1.25 bits per heavy atom. The fourth-order valence-electron chi connectivity index (χ4n) is 2.84. The molecular formula is C19H22N6O3. The van der Waals surface area contributed by atoms with Gasteiger partial charge < -0.3 is 10.1 Å². The average molecular weight is 382 g/mol. The Morgan fingerprint density at radius 2 is 2.04 bits per heavy atom. The van der Waals surface area contributed by atoms with E-state index in [0.717, 1.165) is 0 Å². The zero-order valence-corrected chi connectivity index (χ0v) is 16.2. The van der Waals surface area contributed by atoms with E-state index in [0.29, 0.717) is 40.6 Å². The number of carbonyl (C=O) groups excluding carboxylic acids is 1. The van der Waals surface area contributed by atoms with Gasteiger partial charge in [-0.05, 0) is 32.4 Å². The van der Waals surface area contributed by atoms with Crippen LogP contribution in [-0.2, 0) is 6.42 Å². The SMILES string of the molecule is CCc1c(C)nc(-n2nc(C)cc2NC(=O)Nc2cccc(OC)c2)[nH]c1=O. The molecule has 0 bridgehead atoms. The molecule has 3 aromatic rings. The molecule has 2 amide bonds. The summed E-state index contributed by atoms with van der Waals surface area (Å²) in [6.07, 6.45) is 0.584. The highest BCUT2D eigenvalue weighted by molar-refractivity contribution is 5.99. The fraction of sp³-hybridized carbons (Fsp3) is 0.263. The molecular weight excluding hydrogens is 360 g/mol. The minimum absolute atomic E-state index is 0.218. The number of ether oxygens (including phenoxy) is 1. The number of aromatic amines is 1. The number of hydrogen-bond donors (Lipinski definition) is 3. The molecule has 146 valence electrons. The zero-order chi connectivity index (χ0) is 20.3. The van der Waals surface area contributed by atoms with E-state index in [1.807, 2.05) is 6.92 Å². The van der Waals surface area contributed by atoms with E-state index < -0.39 is 6.03 Å². The second kappa shape index (κ2) is 7.95. The summed E-state index contributed by atoms with van der Waals surface area (Å²) in [6.45, 7) is 5.45. The standard InChI is InChI=1S/C19H22N6O3/c1-5-15-12(3)20-18(23-17(15)26)25-16(9-11(2)24-25)22-19(27)21-13-7-6-8-14(10-13)28-4/h6-10H,5H2,1-4H3,(H,20,23,26)(H2,21,22,27). The summed E-state index contributed by atoms with van der Waals surface area (Å²) in [5.41, 5.74) is 2.27. The van der Waals surface area contributed by atoms with Crippen LogP contribution in [-0.4, -0.2) is 32.9 Å². The monoisotopic (exact) mass is 382 g/mol. The Kier molecular flexibility index (Phi) is 5.44. The third-order valence-corrected chi connectivity index (χ3v) is 4.16. The number of hydrogen-bond acceptors (Lipinski definition) is 5. The van der Waals surface area contributed by atoms with E-state index in [1.54, 1.807) is 51.3 Å². The van der Waals surface area contributed by atoms with Gasteiger partial charge in [0.05, 0.1) is 12.8 Å². The number of urea groups is 1. The number of nitrogens with one attached hydrogen (secondary N) is 3. The lowest BCUT2D eigenvalue weighted by Crippen LogP contribution is -2.24. The van der Waals surface area contributed by atoms with Crippen molar-refractivity contribution >= 4 is 17.5 Å². The zero-order valence-electron chi connectivity index (χ0n) is 16.2. The number of H-pyrrole nitrogens is 1. The Hall–Kier alpha value is -3.62. The first-order valence-corrected chi connectivity index (χ1v) is 8.80. The van der Waals surface area contributed by atoms with Crippen LogP contribution in [0.5, 0.6) is 5.75 Å². The van der Waals surface area contributed by atoms with E-state index in [-0.39, 0.29) is 11.5 Å². The highest BCUT2D eigenvalue weighted by atomic mass is 16.5. The number of amides is 2. The lowest BCUT2D eigenvalue weighted by molar-refractivity contribution is 0.262. The summed E-state index contributed by atoms with van der Waals surface area (Å²) < 4.78 is 6.55. The molecule has 0 saturated heterocycles. The normalized spacial score (nSPS) is 10.6. The second-order valence-electron chi connectivity index (χ2n) is 6.20. The van der Waals surface area contributed by atoms with Crippen molar-refractivity contribution in [3.63, 3.8) is 0 Å². The Morgan fingerprint density at radius 3 is 2.71 bits per heavy atom. The molecule has 0 atom stereocenters. The Balaban J connectivity index is 1.86. The molecule has 9 nitrogen and oxygen atoms in total. The summed E-state index contributed by atoms with van der Waals surface area (Å²) in [6, 6.07) is 8.23. The average Bonchev–Trinajstić information content (AvgIpc) is 3.01. The summed E-state index contributed by atoms with van der Waals surface area (Å²) in [7, 11) is 1.56. The van der Waals surface area contributed by atoms with Crippen LogP contribution >= 0.6 is 0 Å². The Labute approximate surface area is 161 Å². The minimum atomic E-state index is -0.460. The minimum Gasteiger partial charge on any atom is -0.497 e. The van der Waals surface area contributed by atoms with Crippen LogP contribution in [0.25, 0.3) is 5.95 Å². The van der Waals surface area contributed by atoms with Gasteiger partial charge in [-0.1, -0.05) is 13.0 Å². The quantitative estimate of drug-likeness (QED) is 0.628. The van der Waals surface area contributed by atoms with Gasteiger partial charge in [0.15, 0.2) is 0 Å². The molecule has 2 heterocycles. The topological polar surface area (TPSA) is 114 Å². The highest BCUT2D eigenvalue weighted by Gasteiger charge is 2.15. The van der Waals surface area contributed by atoms with Crippen LogP contribution in [0.3, 0.4) is 0 Å². The Bertz CT molecular complexity index is 1070. The summed E-state index contributed by atoms with van der Waals surface area (Å²) in [4.78, 5) is 31.8. The first-order chi connectivity index (χ1) is 13.4. The molecule has 3 N–H and O–H groups in total.